The van der Waals surface area contributed by atoms with E-state index < -0.39 is 0 Å². The number of aromatic nitrogens is 4. The maximum absolute atomic E-state index is 13.8. The Morgan fingerprint density at radius 3 is 2.57 bits per heavy atom. The lowest BCUT2D eigenvalue weighted by Gasteiger charge is -2.30. The van der Waals surface area contributed by atoms with E-state index in [2.05, 4.69) is 45.5 Å². The quantitative estimate of drug-likeness (QED) is 0.215. The second-order valence-corrected chi connectivity index (χ2v) is 11.8. The standard InChI is InChI=1S/C34H43BN8O3/c1-6-8-9-29-23(3)18-30-34(46)43(17-16-42(29)30)32-27(22-44)26(12-13-36-32)24-19-28(33(45)39(4)21-24)38-31-11-10-25(20-37-31)41(7-2)15-14-40(5)35/h10-13,18-21,44H,6-9,14-17,22H2,1-5H3,(H,37,38). The van der Waals surface area contributed by atoms with Crippen molar-refractivity contribution in [2.24, 2.45) is 7.05 Å². The fraction of sp³-hybridized carbons (Fsp3) is 0.412. The number of likely N-dealkylation sites (N-methyl/N-ethyl adjacent to an activating group) is 2. The number of nitrogens with zero attached hydrogens (tertiary/aromatic N) is 7. The summed E-state index contributed by atoms with van der Waals surface area (Å²) in [5.41, 5.74) is 5.96. The van der Waals surface area contributed by atoms with Gasteiger partial charge in [0.1, 0.15) is 23.0 Å². The van der Waals surface area contributed by atoms with Crippen molar-refractivity contribution in [3.8, 4) is 11.1 Å². The number of aliphatic hydroxyl groups excluding tert-OH is 1. The van der Waals surface area contributed by atoms with Crippen molar-refractivity contribution in [2.75, 3.05) is 48.3 Å². The number of anilines is 4. The molecule has 1 amide bonds. The number of carbonyl (C=O) groups is 1. The number of fused-ring (bicyclic) bond motifs is 1. The number of pyridine rings is 3. The fourth-order valence-electron chi connectivity index (χ4n) is 6.10. The Kier molecular flexibility index (Phi) is 10.3. The molecule has 0 bridgehead atoms. The number of aliphatic hydroxyl groups is 1. The zero-order valence-corrected chi connectivity index (χ0v) is 27.5. The van der Waals surface area contributed by atoms with Crippen LogP contribution in [-0.4, -0.2) is 76.1 Å². The van der Waals surface area contributed by atoms with Gasteiger partial charge in [0, 0.05) is 69.0 Å². The number of amides is 1. The molecule has 4 aromatic heterocycles. The second kappa shape index (κ2) is 14.3. The molecule has 0 atom stereocenters. The molecule has 0 saturated heterocycles. The molecule has 0 saturated carbocycles. The summed E-state index contributed by atoms with van der Waals surface area (Å²) in [5, 5.41) is 13.8. The summed E-state index contributed by atoms with van der Waals surface area (Å²) in [5.74, 6) is 0.816. The lowest BCUT2D eigenvalue weighted by atomic mass is 10.0. The fourth-order valence-corrected chi connectivity index (χ4v) is 6.10. The molecule has 0 aliphatic carbocycles. The maximum Gasteiger partial charge on any atom is 0.276 e. The molecule has 12 heteroatoms. The highest BCUT2D eigenvalue weighted by molar-refractivity contribution is 6.06. The molecule has 2 N–H and O–H groups in total. The van der Waals surface area contributed by atoms with Crippen LogP contribution in [0.15, 0.2) is 53.7 Å². The van der Waals surface area contributed by atoms with Gasteiger partial charge in [0.15, 0.2) is 7.98 Å². The summed E-state index contributed by atoms with van der Waals surface area (Å²) in [7, 11) is 9.30. The van der Waals surface area contributed by atoms with Gasteiger partial charge in [-0.25, -0.2) is 9.97 Å². The molecule has 0 spiro atoms. The molecule has 5 rings (SSSR count). The van der Waals surface area contributed by atoms with Crippen molar-refractivity contribution in [3.05, 3.63) is 81.8 Å². The van der Waals surface area contributed by atoms with Gasteiger partial charge in [0.25, 0.3) is 11.5 Å². The van der Waals surface area contributed by atoms with Gasteiger partial charge >= 0.3 is 0 Å². The average molecular weight is 623 g/mol. The van der Waals surface area contributed by atoms with Crippen LogP contribution in [0, 0.1) is 6.92 Å². The Balaban J connectivity index is 1.44. The Morgan fingerprint density at radius 2 is 1.89 bits per heavy atom. The van der Waals surface area contributed by atoms with Gasteiger partial charge in [-0.1, -0.05) is 13.3 Å². The summed E-state index contributed by atoms with van der Waals surface area (Å²) >= 11 is 0. The van der Waals surface area contributed by atoms with E-state index in [9.17, 15) is 14.7 Å². The summed E-state index contributed by atoms with van der Waals surface area (Å²) in [4.78, 5) is 41.6. The van der Waals surface area contributed by atoms with Crippen LogP contribution in [0.4, 0.5) is 23.0 Å². The first kappa shape index (κ1) is 33.0. The highest BCUT2D eigenvalue weighted by atomic mass is 16.3. The number of carbonyl (C=O) groups excluding carboxylic acids is 1. The number of hydrogen-bond acceptors (Lipinski definition) is 8. The zero-order valence-electron chi connectivity index (χ0n) is 27.5. The number of unbranched alkanes of at least 4 members (excludes halogenated alkanes) is 1. The average Bonchev–Trinajstić information content (AvgIpc) is 3.38. The third-order valence-corrected chi connectivity index (χ3v) is 8.62. The maximum atomic E-state index is 13.8. The lowest BCUT2D eigenvalue weighted by Crippen LogP contribution is -2.41. The summed E-state index contributed by atoms with van der Waals surface area (Å²) in [6, 6.07) is 9.31. The van der Waals surface area contributed by atoms with Gasteiger partial charge < -0.3 is 29.3 Å². The third kappa shape index (κ3) is 6.73. The van der Waals surface area contributed by atoms with Crippen molar-refractivity contribution in [2.45, 2.75) is 53.2 Å². The van der Waals surface area contributed by atoms with Crippen LogP contribution in [0.1, 0.15) is 54.0 Å². The van der Waals surface area contributed by atoms with E-state index in [0.717, 1.165) is 43.6 Å². The molecule has 1 aliphatic rings. The highest BCUT2D eigenvalue weighted by Crippen LogP contribution is 2.33. The van der Waals surface area contributed by atoms with Crippen LogP contribution in [0.3, 0.4) is 0 Å². The summed E-state index contributed by atoms with van der Waals surface area (Å²) in [6.45, 7) is 9.36. The smallest absolute Gasteiger partial charge is 0.276 e. The minimum Gasteiger partial charge on any atom is -0.392 e. The molecule has 4 aromatic rings. The van der Waals surface area contributed by atoms with Gasteiger partial charge in [-0.05, 0) is 75.2 Å². The van der Waals surface area contributed by atoms with Crippen molar-refractivity contribution in [3.63, 3.8) is 0 Å². The van der Waals surface area contributed by atoms with Crippen molar-refractivity contribution >= 4 is 36.9 Å². The molecule has 0 fully saturated rings. The minimum absolute atomic E-state index is 0.134. The van der Waals surface area contributed by atoms with Crippen molar-refractivity contribution in [1.29, 1.82) is 0 Å². The van der Waals surface area contributed by atoms with Crippen LogP contribution in [0.2, 0.25) is 0 Å². The van der Waals surface area contributed by atoms with Gasteiger partial charge in [0.05, 0.1) is 18.5 Å². The first-order valence-electron chi connectivity index (χ1n) is 15.9. The van der Waals surface area contributed by atoms with Gasteiger partial charge in [-0.15, -0.1) is 0 Å². The molecular formula is C34H43BN8O3. The molecule has 11 nitrogen and oxygen atoms in total. The van der Waals surface area contributed by atoms with E-state index in [1.807, 2.05) is 25.2 Å². The normalized spacial score (nSPS) is 12.9. The minimum atomic E-state index is -0.327. The van der Waals surface area contributed by atoms with E-state index in [0.29, 0.717) is 59.3 Å². The lowest BCUT2D eigenvalue weighted by molar-refractivity contribution is 0.0963. The highest BCUT2D eigenvalue weighted by Gasteiger charge is 2.31. The molecule has 0 unspecified atom stereocenters. The molecule has 2 radical (unpaired) electrons. The Labute approximate surface area is 271 Å². The van der Waals surface area contributed by atoms with Crippen LogP contribution < -0.4 is 20.7 Å². The van der Waals surface area contributed by atoms with Crippen molar-refractivity contribution < 1.29 is 9.90 Å². The Morgan fingerprint density at radius 1 is 1.09 bits per heavy atom. The van der Waals surface area contributed by atoms with Crippen LogP contribution >= 0.6 is 0 Å². The predicted molar refractivity (Wildman–Crippen MR) is 184 cm³/mol. The second-order valence-electron chi connectivity index (χ2n) is 11.8. The number of aryl methyl sites for hydroxylation is 2. The monoisotopic (exact) mass is 622 g/mol. The van der Waals surface area contributed by atoms with Gasteiger partial charge in [0.2, 0.25) is 0 Å². The molecule has 5 heterocycles. The molecule has 0 aromatic carbocycles. The molecule has 240 valence electrons. The van der Waals surface area contributed by atoms with Crippen LogP contribution in [0.5, 0.6) is 0 Å². The Bertz CT molecular complexity index is 1750. The molecule has 46 heavy (non-hydrogen) atoms. The third-order valence-electron chi connectivity index (χ3n) is 8.62. The summed E-state index contributed by atoms with van der Waals surface area (Å²) < 4.78 is 3.63. The number of nitrogens with one attached hydrogen (secondary N) is 1. The van der Waals surface area contributed by atoms with E-state index in [-0.39, 0.29) is 18.1 Å². The zero-order chi connectivity index (χ0) is 33.0. The van der Waals surface area contributed by atoms with E-state index >= 15 is 0 Å². The van der Waals surface area contributed by atoms with E-state index in [4.69, 9.17) is 7.98 Å². The van der Waals surface area contributed by atoms with E-state index in [1.54, 1.807) is 47.5 Å². The van der Waals surface area contributed by atoms with E-state index in [1.165, 1.54) is 10.3 Å². The van der Waals surface area contributed by atoms with Gasteiger partial charge in [-0.2, -0.15) is 0 Å². The first-order valence-corrected chi connectivity index (χ1v) is 15.9. The first-order chi connectivity index (χ1) is 22.2. The summed E-state index contributed by atoms with van der Waals surface area (Å²) in [6.07, 6.45) is 8.25. The topological polar surface area (TPSA) is 112 Å². The largest absolute Gasteiger partial charge is 0.392 e. The van der Waals surface area contributed by atoms with Crippen LogP contribution in [-0.2, 0) is 26.6 Å². The Hall–Kier alpha value is -4.42. The van der Waals surface area contributed by atoms with Gasteiger partial charge in [-0.3, -0.25) is 14.5 Å². The number of rotatable bonds is 13. The molecule has 1 aliphatic heterocycles. The van der Waals surface area contributed by atoms with Crippen LogP contribution in [0.25, 0.3) is 11.1 Å². The predicted octanol–water partition coefficient (Wildman–Crippen LogP) is 4.03. The SMILES string of the molecule is [B]N(C)CCN(CC)c1ccc(Nc2cc(-c3ccnc(N4CCn5c(cc(C)c5CCCC)C4=O)c3CO)cn(C)c2=O)nc1. The van der Waals surface area contributed by atoms with Crippen molar-refractivity contribution in [1.82, 2.24) is 23.9 Å². The molecular weight excluding hydrogens is 579 g/mol. The number of hydrogen-bond donors (Lipinski definition) is 2.